The molecule has 4 amide bonds. The summed E-state index contributed by atoms with van der Waals surface area (Å²) in [4.78, 5) is 37.8. The third kappa shape index (κ3) is 6.74. The first-order chi connectivity index (χ1) is 11.9. The molecule has 0 aromatic carbocycles. The van der Waals surface area contributed by atoms with Crippen LogP contribution in [-0.4, -0.2) is 78.0 Å². The predicted octanol–water partition coefficient (Wildman–Crippen LogP) is 0.00390. The number of β-amino-alcohol motifs (C(OH)–C–C–N with tert-alkyl or cyclic N) is 1. The van der Waals surface area contributed by atoms with Crippen molar-refractivity contribution in [3.63, 3.8) is 0 Å². The number of aliphatic hydroxyl groups excluding tert-OH is 1. The van der Waals surface area contributed by atoms with E-state index in [-0.39, 0.29) is 39.1 Å². The summed E-state index contributed by atoms with van der Waals surface area (Å²) in [5.41, 5.74) is 4.17. The predicted molar refractivity (Wildman–Crippen MR) is 90.3 cm³/mol. The van der Waals surface area contributed by atoms with E-state index in [1.165, 1.54) is 9.80 Å². The maximum atomic E-state index is 13.3. The van der Waals surface area contributed by atoms with Gasteiger partial charge in [0.1, 0.15) is 0 Å². The van der Waals surface area contributed by atoms with E-state index in [4.69, 9.17) is 5.73 Å². The highest BCUT2D eigenvalue weighted by atomic mass is 19.3. The molecule has 2 unspecified atom stereocenters. The van der Waals surface area contributed by atoms with Crippen LogP contribution in [0.5, 0.6) is 0 Å². The second-order valence-electron chi connectivity index (χ2n) is 7.56. The molecule has 10 heteroatoms. The number of nitrogens with two attached hydrogens (primary N) is 1. The lowest BCUT2D eigenvalue weighted by Crippen LogP contribution is -2.44. The van der Waals surface area contributed by atoms with Gasteiger partial charge in [-0.25, -0.2) is 13.6 Å². The molecule has 0 spiro atoms. The third-order valence-electron chi connectivity index (χ3n) is 4.43. The lowest BCUT2D eigenvalue weighted by Gasteiger charge is -2.31. The Balaban J connectivity index is 2.71. The molecule has 0 radical (unpaired) electrons. The highest BCUT2D eigenvalue weighted by Crippen LogP contribution is 2.34. The number of rotatable bonds is 5. The Morgan fingerprint density at radius 3 is 2.08 bits per heavy atom. The number of aliphatic hydroxyl groups is 1. The van der Waals surface area contributed by atoms with Crippen LogP contribution in [0.4, 0.5) is 13.6 Å². The third-order valence-corrected chi connectivity index (χ3v) is 4.43. The number of amides is 4. The number of hydrogen-bond donors (Lipinski definition) is 3. The van der Waals surface area contributed by atoms with Crippen LogP contribution in [0.2, 0.25) is 0 Å². The largest absolute Gasteiger partial charge is 0.389 e. The minimum Gasteiger partial charge on any atom is -0.389 e. The standard InChI is InChI=1S/C16H28F2N4O4/c1-16(2,3)11(14(17)18)6-12(24)21-4-5-22(9-10(23)8-21)13(25)7-20-15(19)26/h10-11,14,23H,4-9H2,1-3H3,(H3,19,20,26). The molecule has 0 bridgehead atoms. The van der Waals surface area contributed by atoms with Gasteiger partial charge in [-0.3, -0.25) is 9.59 Å². The number of hydrogen-bond acceptors (Lipinski definition) is 4. The van der Waals surface area contributed by atoms with Crippen molar-refractivity contribution in [2.45, 2.75) is 39.7 Å². The average molecular weight is 378 g/mol. The SMILES string of the molecule is CC(C)(C)C(CC(=O)N1CCN(C(=O)CNC(N)=O)CC(O)C1)C(F)F. The van der Waals surface area contributed by atoms with Gasteiger partial charge in [-0.1, -0.05) is 20.8 Å². The van der Waals surface area contributed by atoms with Crippen molar-refractivity contribution in [3.05, 3.63) is 0 Å². The van der Waals surface area contributed by atoms with E-state index in [2.05, 4.69) is 5.32 Å². The summed E-state index contributed by atoms with van der Waals surface area (Å²) in [5.74, 6) is -2.03. The lowest BCUT2D eigenvalue weighted by molar-refractivity contribution is -0.136. The Morgan fingerprint density at radius 2 is 1.65 bits per heavy atom. The van der Waals surface area contributed by atoms with Crippen molar-refractivity contribution < 1.29 is 28.3 Å². The van der Waals surface area contributed by atoms with Gasteiger partial charge in [0, 0.05) is 38.5 Å². The van der Waals surface area contributed by atoms with E-state index in [9.17, 15) is 28.3 Å². The van der Waals surface area contributed by atoms with Crippen molar-refractivity contribution in [2.24, 2.45) is 17.1 Å². The highest BCUT2D eigenvalue weighted by Gasteiger charge is 2.36. The van der Waals surface area contributed by atoms with Crippen molar-refractivity contribution in [1.29, 1.82) is 0 Å². The van der Waals surface area contributed by atoms with E-state index < -0.39 is 41.7 Å². The van der Waals surface area contributed by atoms with Crippen LogP contribution >= 0.6 is 0 Å². The van der Waals surface area contributed by atoms with Crippen LogP contribution in [0.1, 0.15) is 27.2 Å². The smallest absolute Gasteiger partial charge is 0.312 e. The van der Waals surface area contributed by atoms with E-state index in [0.29, 0.717) is 0 Å². The normalized spacial score (nSPS) is 19.9. The Labute approximate surface area is 151 Å². The van der Waals surface area contributed by atoms with Crippen LogP contribution in [0, 0.1) is 11.3 Å². The molecule has 4 N–H and O–H groups in total. The number of urea groups is 1. The van der Waals surface area contributed by atoms with Gasteiger partial charge in [-0.2, -0.15) is 0 Å². The van der Waals surface area contributed by atoms with E-state index in [1.807, 2.05) is 0 Å². The number of carbonyl (C=O) groups is 3. The molecule has 0 aliphatic carbocycles. The average Bonchev–Trinajstić information content (AvgIpc) is 2.70. The maximum Gasteiger partial charge on any atom is 0.312 e. The summed E-state index contributed by atoms with van der Waals surface area (Å²) in [7, 11) is 0. The Hall–Kier alpha value is -1.97. The van der Waals surface area contributed by atoms with Gasteiger partial charge < -0.3 is 26.0 Å². The van der Waals surface area contributed by atoms with Crippen LogP contribution in [-0.2, 0) is 9.59 Å². The van der Waals surface area contributed by atoms with Gasteiger partial charge in [0.2, 0.25) is 18.2 Å². The molecule has 1 fully saturated rings. The fraction of sp³-hybridized carbons (Fsp3) is 0.812. The van der Waals surface area contributed by atoms with Gasteiger partial charge in [0.15, 0.2) is 0 Å². The molecular weight excluding hydrogens is 350 g/mol. The molecule has 2 atom stereocenters. The van der Waals surface area contributed by atoms with Gasteiger partial charge in [0.25, 0.3) is 0 Å². The molecule has 0 aromatic heterocycles. The van der Waals surface area contributed by atoms with Crippen molar-refractivity contribution in [3.8, 4) is 0 Å². The van der Waals surface area contributed by atoms with Gasteiger partial charge >= 0.3 is 6.03 Å². The summed E-state index contributed by atoms with van der Waals surface area (Å²) in [6.07, 6.45) is -3.96. The number of nitrogens with one attached hydrogen (secondary N) is 1. The van der Waals surface area contributed by atoms with Crippen molar-refractivity contribution >= 4 is 17.8 Å². The maximum absolute atomic E-state index is 13.3. The van der Waals surface area contributed by atoms with Crippen LogP contribution in [0.15, 0.2) is 0 Å². The first kappa shape index (κ1) is 22.1. The second-order valence-corrected chi connectivity index (χ2v) is 7.56. The summed E-state index contributed by atoms with van der Waals surface area (Å²) in [5, 5.41) is 12.2. The van der Waals surface area contributed by atoms with Crippen molar-refractivity contribution in [1.82, 2.24) is 15.1 Å². The van der Waals surface area contributed by atoms with E-state index in [1.54, 1.807) is 20.8 Å². The molecule has 1 aliphatic heterocycles. The molecule has 1 heterocycles. The zero-order valence-electron chi connectivity index (χ0n) is 15.4. The second kappa shape index (κ2) is 9.11. The molecule has 1 aliphatic rings. The molecule has 1 saturated heterocycles. The van der Waals surface area contributed by atoms with Crippen molar-refractivity contribution in [2.75, 3.05) is 32.7 Å². The quantitative estimate of drug-likeness (QED) is 0.625. The molecule has 1 rings (SSSR count). The van der Waals surface area contributed by atoms with E-state index in [0.717, 1.165) is 0 Å². The minimum absolute atomic E-state index is 0.0133. The summed E-state index contributed by atoms with van der Waals surface area (Å²) >= 11 is 0. The number of carbonyl (C=O) groups excluding carboxylic acids is 3. The Morgan fingerprint density at radius 1 is 1.15 bits per heavy atom. The van der Waals surface area contributed by atoms with Crippen LogP contribution < -0.4 is 11.1 Å². The molecule has 0 aromatic rings. The monoisotopic (exact) mass is 378 g/mol. The lowest BCUT2D eigenvalue weighted by atomic mass is 9.78. The fourth-order valence-electron chi connectivity index (χ4n) is 2.81. The minimum atomic E-state index is -2.63. The zero-order valence-corrected chi connectivity index (χ0v) is 15.4. The molecular formula is C16H28F2N4O4. The van der Waals surface area contributed by atoms with Crippen LogP contribution in [0.3, 0.4) is 0 Å². The van der Waals surface area contributed by atoms with Gasteiger partial charge in [0.05, 0.1) is 12.6 Å². The topological polar surface area (TPSA) is 116 Å². The highest BCUT2D eigenvalue weighted by molar-refractivity contribution is 5.83. The molecule has 26 heavy (non-hydrogen) atoms. The summed E-state index contributed by atoms with van der Waals surface area (Å²) < 4.78 is 26.6. The molecule has 0 saturated carbocycles. The molecule has 150 valence electrons. The molecule has 8 nitrogen and oxygen atoms in total. The number of alkyl halides is 2. The van der Waals surface area contributed by atoms with Gasteiger partial charge in [-0.05, 0) is 5.41 Å². The Kier molecular flexibility index (Phi) is 7.73. The zero-order chi connectivity index (χ0) is 20.1. The summed E-state index contributed by atoms with van der Waals surface area (Å²) in [6, 6.07) is -0.842. The first-order valence-electron chi connectivity index (χ1n) is 8.47. The van der Waals surface area contributed by atoms with Gasteiger partial charge in [-0.15, -0.1) is 0 Å². The van der Waals surface area contributed by atoms with E-state index >= 15 is 0 Å². The van der Waals surface area contributed by atoms with Crippen LogP contribution in [0.25, 0.3) is 0 Å². The number of nitrogens with zero attached hydrogens (tertiary/aromatic N) is 2. The fourth-order valence-corrected chi connectivity index (χ4v) is 2.81. The first-order valence-corrected chi connectivity index (χ1v) is 8.47. The number of halogens is 2. The summed E-state index contributed by atoms with van der Waals surface area (Å²) in [6.45, 7) is 4.86. The number of primary amides is 1. The Bertz CT molecular complexity index is 525.